The third-order valence-corrected chi connectivity index (χ3v) is 4.97. The number of carbonyl (C=O) groups is 1. The maximum Gasteiger partial charge on any atom is 0.435 e. The van der Waals surface area contributed by atoms with Crippen LogP contribution in [0.2, 0.25) is 0 Å². The van der Waals surface area contributed by atoms with E-state index in [-0.39, 0.29) is 12.0 Å². The van der Waals surface area contributed by atoms with E-state index in [1.165, 1.54) is 0 Å². The van der Waals surface area contributed by atoms with Crippen molar-refractivity contribution in [2.24, 2.45) is 0 Å². The molecule has 0 fully saturated rings. The lowest BCUT2D eigenvalue weighted by Crippen LogP contribution is -2.21. The second-order valence-corrected chi connectivity index (χ2v) is 7.46. The van der Waals surface area contributed by atoms with Crippen molar-refractivity contribution in [2.75, 3.05) is 5.32 Å². The van der Waals surface area contributed by atoms with E-state index in [0.29, 0.717) is 11.6 Å². The van der Waals surface area contributed by atoms with Gasteiger partial charge in [0, 0.05) is 18.4 Å². The molecule has 2 aromatic rings. The third kappa shape index (κ3) is 3.10. The van der Waals surface area contributed by atoms with Crippen LogP contribution in [-0.2, 0) is 18.1 Å². The predicted molar refractivity (Wildman–Crippen MR) is 93.4 cm³/mol. The molecule has 0 aliphatic heterocycles. The van der Waals surface area contributed by atoms with E-state index in [1.54, 1.807) is 13.0 Å². The van der Waals surface area contributed by atoms with Gasteiger partial charge in [-0.2, -0.15) is 18.3 Å². The Bertz CT molecular complexity index is 852. The largest absolute Gasteiger partial charge is 0.435 e. The van der Waals surface area contributed by atoms with Gasteiger partial charge in [0.1, 0.15) is 0 Å². The highest BCUT2D eigenvalue weighted by Crippen LogP contribution is 2.48. The Morgan fingerprint density at radius 3 is 2.69 bits per heavy atom. The topological polar surface area (TPSA) is 46.9 Å². The Balaban J connectivity index is 2.00. The molecular weight excluding hydrogens is 343 g/mol. The molecule has 1 heterocycles. The monoisotopic (exact) mass is 365 g/mol. The molecule has 0 saturated heterocycles. The van der Waals surface area contributed by atoms with Crippen LogP contribution in [0.25, 0.3) is 0 Å². The molecule has 7 heteroatoms. The van der Waals surface area contributed by atoms with Crippen LogP contribution >= 0.6 is 0 Å². The fourth-order valence-corrected chi connectivity index (χ4v) is 3.97. The Labute approximate surface area is 150 Å². The molecule has 1 aromatic heterocycles. The smallest absolute Gasteiger partial charge is 0.322 e. The quantitative estimate of drug-likeness (QED) is 0.836. The Hall–Kier alpha value is -2.31. The molecule has 140 valence electrons. The van der Waals surface area contributed by atoms with Gasteiger partial charge < -0.3 is 5.32 Å². The van der Waals surface area contributed by atoms with Crippen LogP contribution in [0.3, 0.4) is 0 Å². The van der Waals surface area contributed by atoms with Crippen LogP contribution in [-0.4, -0.2) is 15.7 Å². The van der Waals surface area contributed by atoms with Gasteiger partial charge in [-0.3, -0.25) is 9.48 Å². The van der Waals surface area contributed by atoms with Crippen molar-refractivity contribution in [3.63, 3.8) is 0 Å². The van der Waals surface area contributed by atoms with Gasteiger partial charge in [-0.15, -0.1) is 0 Å². The van der Waals surface area contributed by atoms with E-state index in [0.717, 1.165) is 28.4 Å². The molecule has 0 radical (unpaired) electrons. The Morgan fingerprint density at radius 1 is 1.38 bits per heavy atom. The number of nitrogens with zero attached hydrogens (tertiary/aromatic N) is 2. The van der Waals surface area contributed by atoms with Crippen molar-refractivity contribution in [3.8, 4) is 0 Å². The number of benzene rings is 1. The van der Waals surface area contributed by atoms with Crippen molar-refractivity contribution in [3.05, 3.63) is 46.8 Å². The summed E-state index contributed by atoms with van der Waals surface area (Å²) in [4.78, 5) is 12.6. The van der Waals surface area contributed by atoms with Gasteiger partial charge in [-0.1, -0.05) is 32.9 Å². The number of carbonyl (C=O) groups excluding carboxylic acids is 1. The number of hydrogen-bond donors (Lipinski definition) is 1. The first kappa shape index (κ1) is 18.5. The van der Waals surface area contributed by atoms with E-state index in [1.807, 2.05) is 12.1 Å². The number of aryl methyl sites for hydroxylation is 1. The maximum absolute atomic E-state index is 13.2. The van der Waals surface area contributed by atoms with Crippen LogP contribution in [0.1, 0.15) is 67.2 Å². The van der Waals surface area contributed by atoms with Gasteiger partial charge in [-0.25, -0.2) is 0 Å². The first-order valence-corrected chi connectivity index (χ1v) is 8.64. The number of rotatable bonds is 3. The lowest BCUT2D eigenvalue weighted by Gasteiger charge is -2.22. The molecule has 0 saturated carbocycles. The number of aromatic nitrogens is 2. The second kappa shape index (κ2) is 6.14. The molecule has 1 aliphatic rings. The first-order chi connectivity index (χ1) is 12.0. The molecule has 1 N–H and O–H groups in total. The third-order valence-electron chi connectivity index (χ3n) is 4.97. The molecule has 1 amide bonds. The number of fused-ring (bicyclic) bond motifs is 1. The SMILES string of the molecule is CCn1cc(C(=O)Nc2cccc3c2C(C)(C)C[C@@H]3C)c(C(F)(F)F)n1. The number of nitrogens with one attached hydrogen (secondary N) is 1. The number of hydrogen-bond acceptors (Lipinski definition) is 2. The minimum absolute atomic E-state index is 0.154. The van der Waals surface area contributed by atoms with Crippen molar-refractivity contribution >= 4 is 11.6 Å². The molecule has 0 spiro atoms. The molecule has 1 atom stereocenters. The van der Waals surface area contributed by atoms with Crippen LogP contribution in [0.5, 0.6) is 0 Å². The zero-order valence-electron chi connectivity index (χ0n) is 15.2. The van der Waals surface area contributed by atoms with Crippen molar-refractivity contribution < 1.29 is 18.0 Å². The van der Waals surface area contributed by atoms with Gasteiger partial charge in [0.2, 0.25) is 0 Å². The molecule has 3 rings (SSSR count). The van der Waals surface area contributed by atoms with Gasteiger partial charge in [0.05, 0.1) is 5.56 Å². The first-order valence-electron chi connectivity index (χ1n) is 8.64. The summed E-state index contributed by atoms with van der Waals surface area (Å²) >= 11 is 0. The number of anilines is 1. The van der Waals surface area contributed by atoms with E-state index >= 15 is 0 Å². The highest BCUT2D eigenvalue weighted by Gasteiger charge is 2.40. The zero-order chi connectivity index (χ0) is 19.3. The number of alkyl halides is 3. The summed E-state index contributed by atoms with van der Waals surface area (Å²) in [5, 5.41) is 6.20. The van der Waals surface area contributed by atoms with E-state index in [2.05, 4.69) is 31.2 Å². The minimum atomic E-state index is -4.68. The van der Waals surface area contributed by atoms with Gasteiger partial charge in [0.15, 0.2) is 5.69 Å². The van der Waals surface area contributed by atoms with E-state index in [4.69, 9.17) is 0 Å². The van der Waals surface area contributed by atoms with Crippen molar-refractivity contribution in [1.29, 1.82) is 0 Å². The summed E-state index contributed by atoms with van der Waals surface area (Å²) < 4.78 is 40.8. The van der Waals surface area contributed by atoms with Gasteiger partial charge >= 0.3 is 6.18 Å². The Morgan fingerprint density at radius 2 is 2.08 bits per heavy atom. The van der Waals surface area contributed by atoms with Crippen LogP contribution in [0, 0.1) is 0 Å². The van der Waals surface area contributed by atoms with Crippen LogP contribution in [0.15, 0.2) is 24.4 Å². The molecular formula is C19H22F3N3O. The van der Waals surface area contributed by atoms with Gasteiger partial charge in [-0.05, 0) is 41.9 Å². The summed E-state index contributed by atoms with van der Waals surface area (Å²) in [5.41, 5.74) is 0.932. The molecule has 26 heavy (non-hydrogen) atoms. The normalized spacial score (nSPS) is 18.7. The molecule has 0 unspecified atom stereocenters. The fraction of sp³-hybridized carbons (Fsp3) is 0.474. The van der Waals surface area contributed by atoms with Crippen LogP contribution in [0.4, 0.5) is 18.9 Å². The predicted octanol–water partition coefficient (Wildman–Crippen LogP) is 4.96. The summed E-state index contributed by atoms with van der Waals surface area (Å²) in [6.07, 6.45) is -2.61. The maximum atomic E-state index is 13.2. The lowest BCUT2D eigenvalue weighted by atomic mass is 9.85. The minimum Gasteiger partial charge on any atom is -0.322 e. The van der Waals surface area contributed by atoms with Crippen molar-refractivity contribution in [1.82, 2.24) is 9.78 Å². The fourth-order valence-electron chi connectivity index (χ4n) is 3.97. The summed E-state index contributed by atoms with van der Waals surface area (Å²) in [5.74, 6) is -0.453. The average molecular weight is 365 g/mol. The van der Waals surface area contributed by atoms with Gasteiger partial charge in [0.25, 0.3) is 5.91 Å². The van der Waals surface area contributed by atoms with E-state index < -0.39 is 23.3 Å². The highest BCUT2D eigenvalue weighted by molar-refractivity contribution is 6.05. The highest BCUT2D eigenvalue weighted by atomic mass is 19.4. The molecule has 0 bridgehead atoms. The number of amides is 1. The van der Waals surface area contributed by atoms with Crippen LogP contribution < -0.4 is 5.32 Å². The van der Waals surface area contributed by atoms with E-state index in [9.17, 15) is 18.0 Å². The Kier molecular flexibility index (Phi) is 4.37. The lowest BCUT2D eigenvalue weighted by molar-refractivity contribution is -0.141. The standard InChI is InChI=1S/C19H22F3N3O/c1-5-25-10-13(16(24-25)19(20,21)22)17(26)23-14-8-6-7-12-11(2)9-18(3,4)15(12)14/h6-8,10-11H,5,9H2,1-4H3,(H,23,26)/t11-/m0/s1. The molecule has 1 aliphatic carbocycles. The van der Waals surface area contributed by atoms with Crippen molar-refractivity contribution in [2.45, 2.75) is 58.2 Å². The second-order valence-electron chi connectivity index (χ2n) is 7.46. The summed E-state index contributed by atoms with van der Waals surface area (Å²) in [6, 6.07) is 5.58. The molecule has 1 aromatic carbocycles. The average Bonchev–Trinajstić information content (AvgIpc) is 3.07. The molecule has 4 nitrogen and oxygen atoms in total. The zero-order valence-corrected chi connectivity index (χ0v) is 15.2. The number of halogens is 3. The summed E-state index contributed by atoms with van der Waals surface area (Å²) in [6.45, 7) is 8.21. The summed E-state index contributed by atoms with van der Waals surface area (Å²) in [7, 11) is 0.